The Morgan fingerprint density at radius 2 is 1.83 bits per heavy atom. The van der Waals surface area contributed by atoms with Crippen LogP contribution < -0.4 is 0 Å². The molecule has 2 fully saturated rings. The highest BCUT2D eigenvalue weighted by Gasteiger charge is 2.48. The molecular weight excluding hydrogens is 298 g/mol. The lowest BCUT2D eigenvalue weighted by Crippen LogP contribution is -2.43. The Labute approximate surface area is 133 Å². The highest BCUT2D eigenvalue weighted by Crippen LogP contribution is 2.27. The number of nitrogens with zero attached hydrogens (tertiary/aromatic N) is 3. The third-order valence-corrected chi connectivity index (χ3v) is 4.55. The van der Waals surface area contributed by atoms with E-state index in [-0.39, 0.29) is 11.8 Å². The van der Waals surface area contributed by atoms with Crippen LogP contribution in [0.3, 0.4) is 0 Å². The van der Waals surface area contributed by atoms with Crippen molar-refractivity contribution >= 4 is 23.6 Å². The van der Waals surface area contributed by atoms with Gasteiger partial charge in [0.1, 0.15) is 0 Å². The van der Waals surface area contributed by atoms with Crippen LogP contribution in [-0.2, 0) is 16.6 Å². The van der Waals surface area contributed by atoms with Crippen molar-refractivity contribution in [1.82, 2.24) is 14.4 Å². The van der Waals surface area contributed by atoms with Gasteiger partial charge in [0.2, 0.25) is 0 Å². The van der Waals surface area contributed by atoms with Gasteiger partial charge in [0.05, 0.1) is 12.2 Å². The minimum Gasteiger partial charge on any atom is -0.348 e. The number of ketones is 1. The van der Waals surface area contributed by atoms with E-state index in [0.717, 1.165) is 41.9 Å². The Morgan fingerprint density at radius 1 is 1.13 bits per heavy atom. The molecule has 0 unspecified atom stereocenters. The molecule has 4 amide bonds. The molecule has 2 heterocycles. The number of rotatable bonds is 4. The van der Waals surface area contributed by atoms with Gasteiger partial charge in [0.15, 0.2) is 5.78 Å². The number of aromatic nitrogens is 1. The van der Waals surface area contributed by atoms with Gasteiger partial charge in [0, 0.05) is 19.3 Å². The highest BCUT2D eigenvalue weighted by atomic mass is 16.2. The molecule has 1 aliphatic heterocycles. The maximum atomic E-state index is 12.5. The van der Waals surface area contributed by atoms with Crippen molar-refractivity contribution < 1.29 is 19.2 Å². The van der Waals surface area contributed by atoms with Crippen molar-refractivity contribution in [1.29, 1.82) is 0 Å². The molecule has 0 aromatic carbocycles. The molecule has 1 saturated heterocycles. The van der Waals surface area contributed by atoms with E-state index < -0.39 is 24.4 Å². The first-order chi connectivity index (χ1) is 11.0. The third kappa shape index (κ3) is 2.67. The molecule has 7 nitrogen and oxygen atoms in total. The van der Waals surface area contributed by atoms with Crippen LogP contribution in [0, 0.1) is 0 Å². The molecule has 0 radical (unpaired) electrons. The Morgan fingerprint density at radius 3 is 2.43 bits per heavy atom. The molecule has 23 heavy (non-hydrogen) atoms. The molecule has 0 N–H and O–H groups in total. The minimum absolute atomic E-state index is 0.220. The first kappa shape index (κ1) is 15.5. The van der Waals surface area contributed by atoms with Gasteiger partial charge in [0.25, 0.3) is 0 Å². The largest absolute Gasteiger partial charge is 0.348 e. The zero-order valence-electron chi connectivity index (χ0n) is 13.0. The number of imide groups is 2. The van der Waals surface area contributed by atoms with Crippen molar-refractivity contribution in [2.24, 2.45) is 7.05 Å². The first-order valence-electron chi connectivity index (χ1n) is 7.84. The fourth-order valence-electron chi connectivity index (χ4n) is 3.30. The number of carbonyl (C=O) groups is 4. The first-order valence-corrected chi connectivity index (χ1v) is 7.84. The predicted octanol–water partition coefficient (Wildman–Crippen LogP) is 1.33. The molecular formula is C16H19N3O4. The van der Waals surface area contributed by atoms with Gasteiger partial charge in [-0.25, -0.2) is 9.69 Å². The number of Topliss-reactive ketones (excluding diaryl/α,β-unsaturated/α-hetero) is 1. The number of amides is 4. The Bertz CT molecular complexity index is 673. The molecule has 3 rings (SSSR count). The van der Waals surface area contributed by atoms with Gasteiger partial charge in [-0.15, -0.1) is 0 Å². The summed E-state index contributed by atoms with van der Waals surface area (Å²) in [5.41, 5.74) is 0.397. The Kier molecular flexibility index (Phi) is 4.02. The summed E-state index contributed by atoms with van der Waals surface area (Å²) in [6, 6.07) is 2.45. The molecule has 7 heteroatoms. The monoisotopic (exact) mass is 317 g/mol. The fourth-order valence-corrected chi connectivity index (χ4v) is 3.30. The lowest BCUT2D eigenvalue weighted by molar-refractivity contribution is -0.144. The van der Waals surface area contributed by atoms with Crippen molar-refractivity contribution in [3.63, 3.8) is 0 Å². The molecule has 1 aromatic rings. The summed E-state index contributed by atoms with van der Waals surface area (Å²) in [6.45, 7) is -0.398. The van der Waals surface area contributed by atoms with Crippen LogP contribution in [0.2, 0.25) is 0 Å². The number of carbonyl (C=O) groups excluding carboxylic acids is 4. The molecule has 2 aliphatic rings. The van der Waals surface area contributed by atoms with Crippen LogP contribution in [0.25, 0.3) is 0 Å². The smallest absolute Gasteiger partial charge is 0.334 e. The number of hydrogen-bond acceptors (Lipinski definition) is 4. The quantitative estimate of drug-likeness (QED) is 0.477. The standard InChI is InChI=1S/C16H19N3O4/c1-17-9-5-8-12(17)13(20)10-18-14(21)15(22)19(16(18)23)11-6-3-2-4-7-11/h5,8-9,11H,2-4,6-7,10H2,1H3. The Balaban J connectivity index is 1.76. The number of aryl methyl sites for hydroxylation is 1. The summed E-state index contributed by atoms with van der Waals surface area (Å²) in [7, 11) is 1.71. The second-order valence-electron chi connectivity index (χ2n) is 6.07. The van der Waals surface area contributed by atoms with Gasteiger partial charge >= 0.3 is 17.8 Å². The van der Waals surface area contributed by atoms with Crippen LogP contribution in [-0.4, -0.2) is 50.6 Å². The van der Waals surface area contributed by atoms with Crippen molar-refractivity contribution in [2.45, 2.75) is 38.1 Å². The summed E-state index contributed by atoms with van der Waals surface area (Å²) >= 11 is 0. The van der Waals surface area contributed by atoms with Gasteiger partial charge in [-0.3, -0.25) is 19.3 Å². The third-order valence-electron chi connectivity index (χ3n) is 4.55. The molecule has 1 aromatic heterocycles. The van der Waals surface area contributed by atoms with Crippen LogP contribution in [0.4, 0.5) is 4.79 Å². The van der Waals surface area contributed by atoms with Gasteiger partial charge in [-0.1, -0.05) is 19.3 Å². The summed E-state index contributed by atoms with van der Waals surface area (Å²) in [5.74, 6) is -2.07. The van der Waals surface area contributed by atoms with Crippen LogP contribution in [0.15, 0.2) is 18.3 Å². The van der Waals surface area contributed by atoms with E-state index in [4.69, 9.17) is 0 Å². The normalized spacial score (nSPS) is 19.8. The molecule has 0 spiro atoms. The average Bonchev–Trinajstić information content (AvgIpc) is 3.06. The van der Waals surface area contributed by atoms with Gasteiger partial charge < -0.3 is 4.57 Å². The molecule has 1 aliphatic carbocycles. The van der Waals surface area contributed by atoms with E-state index in [1.807, 2.05) is 0 Å². The second-order valence-corrected chi connectivity index (χ2v) is 6.07. The van der Waals surface area contributed by atoms with Gasteiger partial charge in [-0.2, -0.15) is 0 Å². The summed E-state index contributed by atoms with van der Waals surface area (Å²) in [4.78, 5) is 50.8. The zero-order chi connectivity index (χ0) is 16.6. The average molecular weight is 317 g/mol. The summed E-state index contributed by atoms with van der Waals surface area (Å²) in [6.07, 6.45) is 6.13. The van der Waals surface area contributed by atoms with Crippen LogP contribution >= 0.6 is 0 Å². The molecule has 1 saturated carbocycles. The van der Waals surface area contributed by atoms with E-state index in [9.17, 15) is 19.2 Å². The second kappa shape index (κ2) is 5.98. The maximum Gasteiger partial charge on any atom is 0.334 e. The number of urea groups is 1. The molecule has 0 bridgehead atoms. The topological polar surface area (TPSA) is 79.7 Å². The van der Waals surface area contributed by atoms with Gasteiger partial charge in [-0.05, 0) is 25.0 Å². The van der Waals surface area contributed by atoms with Crippen molar-refractivity contribution in [3.8, 4) is 0 Å². The van der Waals surface area contributed by atoms with E-state index >= 15 is 0 Å². The van der Waals surface area contributed by atoms with E-state index in [1.54, 1.807) is 29.9 Å². The predicted molar refractivity (Wildman–Crippen MR) is 80.6 cm³/mol. The van der Waals surface area contributed by atoms with Crippen molar-refractivity contribution in [3.05, 3.63) is 24.0 Å². The highest BCUT2D eigenvalue weighted by molar-refractivity contribution is 6.45. The molecule has 122 valence electrons. The van der Waals surface area contributed by atoms with E-state index in [1.165, 1.54) is 0 Å². The van der Waals surface area contributed by atoms with E-state index in [2.05, 4.69) is 0 Å². The van der Waals surface area contributed by atoms with E-state index in [0.29, 0.717) is 5.69 Å². The number of hydrogen-bond donors (Lipinski definition) is 0. The van der Waals surface area contributed by atoms with Crippen LogP contribution in [0.1, 0.15) is 42.6 Å². The lowest BCUT2D eigenvalue weighted by atomic mass is 9.94. The van der Waals surface area contributed by atoms with Crippen LogP contribution in [0.5, 0.6) is 0 Å². The Hall–Kier alpha value is -2.44. The van der Waals surface area contributed by atoms with Crippen molar-refractivity contribution in [2.75, 3.05) is 6.54 Å². The molecule has 0 atom stereocenters. The summed E-state index contributed by atoms with van der Waals surface area (Å²) in [5, 5.41) is 0. The zero-order valence-corrected chi connectivity index (χ0v) is 13.0. The minimum atomic E-state index is -0.900. The SMILES string of the molecule is Cn1cccc1C(=O)CN1C(=O)C(=O)N(C2CCCCC2)C1=O. The lowest BCUT2D eigenvalue weighted by Gasteiger charge is -2.28. The summed E-state index contributed by atoms with van der Waals surface area (Å²) < 4.78 is 1.62. The fraction of sp³-hybridized carbons (Fsp3) is 0.500. The maximum absolute atomic E-state index is 12.5.